The van der Waals surface area contributed by atoms with Gasteiger partial charge in [0.1, 0.15) is 0 Å². The fourth-order valence-corrected chi connectivity index (χ4v) is 2.75. The van der Waals surface area contributed by atoms with Crippen molar-refractivity contribution in [3.63, 3.8) is 0 Å². The van der Waals surface area contributed by atoms with Gasteiger partial charge in [0.25, 0.3) is 0 Å². The first-order valence-electron chi connectivity index (χ1n) is 6.33. The van der Waals surface area contributed by atoms with Crippen molar-refractivity contribution < 1.29 is 4.74 Å². The van der Waals surface area contributed by atoms with Crippen LogP contribution >= 0.6 is 11.6 Å². The summed E-state index contributed by atoms with van der Waals surface area (Å²) in [7, 11) is 1.92. The van der Waals surface area contributed by atoms with E-state index in [0.717, 1.165) is 48.9 Å². The maximum atomic E-state index is 6.26. The third-order valence-corrected chi connectivity index (χ3v) is 4.07. The van der Waals surface area contributed by atoms with E-state index in [2.05, 4.69) is 10.5 Å². The molecule has 0 saturated carbocycles. The second kappa shape index (κ2) is 6.02. The first-order chi connectivity index (χ1) is 8.61. The molecule has 0 bridgehead atoms. The molecule has 18 heavy (non-hydrogen) atoms. The van der Waals surface area contributed by atoms with Gasteiger partial charge < -0.3 is 4.74 Å². The minimum atomic E-state index is 0.212. The summed E-state index contributed by atoms with van der Waals surface area (Å²) < 4.78 is 7.23. The van der Waals surface area contributed by atoms with Gasteiger partial charge in [-0.1, -0.05) is 11.6 Å². The number of nitrogens with zero attached hydrogens (tertiary/aromatic N) is 2. The Morgan fingerprint density at radius 1 is 1.67 bits per heavy atom. The van der Waals surface area contributed by atoms with E-state index in [-0.39, 0.29) is 6.04 Å². The van der Waals surface area contributed by atoms with E-state index in [0.29, 0.717) is 5.92 Å². The topological polar surface area (TPSA) is 65.1 Å². The van der Waals surface area contributed by atoms with Crippen molar-refractivity contribution in [3.05, 3.63) is 16.4 Å². The first kappa shape index (κ1) is 13.8. The van der Waals surface area contributed by atoms with Gasteiger partial charge in [0.2, 0.25) is 0 Å². The van der Waals surface area contributed by atoms with Gasteiger partial charge in [0, 0.05) is 32.7 Å². The highest BCUT2D eigenvalue weighted by atomic mass is 35.5. The lowest BCUT2D eigenvalue weighted by molar-refractivity contribution is 0.181. The van der Waals surface area contributed by atoms with Gasteiger partial charge in [-0.15, -0.1) is 0 Å². The van der Waals surface area contributed by atoms with Crippen LogP contribution in [0.25, 0.3) is 0 Å². The molecule has 2 rings (SSSR count). The van der Waals surface area contributed by atoms with E-state index in [1.54, 1.807) is 0 Å². The largest absolute Gasteiger partial charge is 0.381 e. The summed E-state index contributed by atoms with van der Waals surface area (Å²) in [4.78, 5) is 0. The van der Waals surface area contributed by atoms with Crippen molar-refractivity contribution in [2.45, 2.75) is 32.2 Å². The van der Waals surface area contributed by atoms with Crippen molar-refractivity contribution in [1.29, 1.82) is 0 Å². The molecule has 2 unspecified atom stereocenters. The Bertz CT molecular complexity index is 401. The standard InChI is InChI=1S/C12H21ClN4O/c1-8-12(13)11(17(2)16-8)6-10(15-14)5-9-3-4-18-7-9/h9-10,15H,3-7,14H2,1-2H3. The zero-order valence-corrected chi connectivity index (χ0v) is 11.7. The summed E-state index contributed by atoms with van der Waals surface area (Å²) in [5, 5.41) is 5.07. The molecule has 0 radical (unpaired) electrons. The number of hydrazine groups is 1. The third kappa shape index (κ3) is 3.03. The van der Waals surface area contributed by atoms with Gasteiger partial charge in [-0.05, 0) is 25.7 Å². The molecule has 1 aromatic rings. The number of aryl methyl sites for hydroxylation is 2. The summed E-state index contributed by atoms with van der Waals surface area (Å²) in [6, 6.07) is 0.212. The lowest BCUT2D eigenvalue weighted by Gasteiger charge is -2.19. The van der Waals surface area contributed by atoms with E-state index in [9.17, 15) is 0 Å². The van der Waals surface area contributed by atoms with Crippen LogP contribution < -0.4 is 11.3 Å². The van der Waals surface area contributed by atoms with Crippen LogP contribution in [0.4, 0.5) is 0 Å². The second-order valence-electron chi connectivity index (χ2n) is 5.00. The van der Waals surface area contributed by atoms with E-state index in [1.165, 1.54) is 0 Å². The molecule has 1 aliphatic heterocycles. The molecule has 3 N–H and O–H groups in total. The highest BCUT2D eigenvalue weighted by Crippen LogP contribution is 2.24. The normalized spacial score (nSPS) is 21.4. The molecule has 0 amide bonds. The predicted octanol–water partition coefficient (Wildman–Crippen LogP) is 1.18. The van der Waals surface area contributed by atoms with Crippen LogP contribution in [-0.4, -0.2) is 29.0 Å². The van der Waals surface area contributed by atoms with Gasteiger partial charge in [-0.3, -0.25) is 16.0 Å². The van der Waals surface area contributed by atoms with Gasteiger partial charge in [0.05, 0.1) is 16.4 Å². The fourth-order valence-electron chi connectivity index (χ4n) is 2.52. The minimum absolute atomic E-state index is 0.212. The van der Waals surface area contributed by atoms with Gasteiger partial charge in [-0.2, -0.15) is 5.10 Å². The molecule has 1 aliphatic rings. The van der Waals surface area contributed by atoms with Gasteiger partial charge in [0.15, 0.2) is 0 Å². The average molecular weight is 273 g/mol. The molecule has 1 aromatic heterocycles. The number of hydrogen-bond donors (Lipinski definition) is 2. The Kier molecular flexibility index (Phi) is 4.61. The monoisotopic (exact) mass is 272 g/mol. The van der Waals surface area contributed by atoms with Crippen molar-refractivity contribution >= 4 is 11.6 Å². The molecule has 2 atom stereocenters. The Balaban J connectivity index is 2.00. The highest BCUT2D eigenvalue weighted by molar-refractivity contribution is 6.31. The van der Waals surface area contributed by atoms with Crippen molar-refractivity contribution in [3.8, 4) is 0 Å². The summed E-state index contributed by atoms with van der Waals surface area (Å²) in [5.74, 6) is 6.24. The molecule has 0 spiro atoms. The number of aromatic nitrogens is 2. The lowest BCUT2D eigenvalue weighted by atomic mass is 9.96. The molecular formula is C12H21ClN4O. The Morgan fingerprint density at radius 3 is 2.94 bits per heavy atom. The van der Waals surface area contributed by atoms with Crippen molar-refractivity contribution in [2.75, 3.05) is 13.2 Å². The molecule has 5 nitrogen and oxygen atoms in total. The van der Waals surface area contributed by atoms with Crippen LogP contribution in [0, 0.1) is 12.8 Å². The summed E-state index contributed by atoms with van der Waals surface area (Å²) in [5.41, 5.74) is 4.79. The summed E-state index contributed by atoms with van der Waals surface area (Å²) >= 11 is 6.26. The zero-order valence-electron chi connectivity index (χ0n) is 10.9. The van der Waals surface area contributed by atoms with Gasteiger partial charge >= 0.3 is 0 Å². The fraction of sp³-hybridized carbons (Fsp3) is 0.750. The van der Waals surface area contributed by atoms with E-state index in [4.69, 9.17) is 22.2 Å². The molecular weight excluding hydrogens is 252 g/mol. The molecule has 2 heterocycles. The highest BCUT2D eigenvalue weighted by Gasteiger charge is 2.22. The van der Waals surface area contributed by atoms with Crippen LogP contribution in [0.1, 0.15) is 24.2 Å². The molecule has 0 aliphatic carbocycles. The summed E-state index contributed by atoms with van der Waals surface area (Å²) in [6.07, 6.45) is 2.93. The smallest absolute Gasteiger partial charge is 0.0847 e. The second-order valence-corrected chi connectivity index (χ2v) is 5.38. The molecule has 1 saturated heterocycles. The van der Waals surface area contributed by atoms with Crippen molar-refractivity contribution in [2.24, 2.45) is 18.8 Å². The van der Waals surface area contributed by atoms with Crippen LogP contribution in [0.2, 0.25) is 5.02 Å². The van der Waals surface area contributed by atoms with Crippen molar-refractivity contribution in [1.82, 2.24) is 15.2 Å². The first-order valence-corrected chi connectivity index (χ1v) is 6.71. The van der Waals surface area contributed by atoms with Crippen LogP contribution in [0.5, 0.6) is 0 Å². The number of nitrogens with one attached hydrogen (secondary N) is 1. The zero-order chi connectivity index (χ0) is 13.1. The number of nitrogens with two attached hydrogens (primary N) is 1. The Labute approximate surface area is 113 Å². The van der Waals surface area contributed by atoms with E-state index in [1.807, 2.05) is 18.7 Å². The maximum absolute atomic E-state index is 6.26. The molecule has 0 aromatic carbocycles. The number of ether oxygens (including phenoxy) is 1. The quantitative estimate of drug-likeness (QED) is 0.624. The van der Waals surface area contributed by atoms with E-state index >= 15 is 0 Å². The van der Waals surface area contributed by atoms with Crippen LogP contribution in [-0.2, 0) is 18.2 Å². The number of hydrogen-bond acceptors (Lipinski definition) is 4. The molecule has 102 valence electrons. The van der Waals surface area contributed by atoms with E-state index < -0.39 is 0 Å². The maximum Gasteiger partial charge on any atom is 0.0847 e. The van der Waals surface area contributed by atoms with Crippen LogP contribution in [0.3, 0.4) is 0 Å². The predicted molar refractivity (Wildman–Crippen MR) is 71.3 cm³/mol. The molecule has 6 heteroatoms. The average Bonchev–Trinajstić information content (AvgIpc) is 2.92. The summed E-state index contributed by atoms with van der Waals surface area (Å²) in [6.45, 7) is 3.63. The third-order valence-electron chi connectivity index (χ3n) is 3.58. The molecule has 1 fully saturated rings. The number of halogens is 1. The lowest BCUT2D eigenvalue weighted by Crippen LogP contribution is -2.38. The Hall–Kier alpha value is -0.620. The van der Waals surface area contributed by atoms with Crippen LogP contribution in [0.15, 0.2) is 0 Å². The minimum Gasteiger partial charge on any atom is -0.381 e. The van der Waals surface area contributed by atoms with Gasteiger partial charge in [-0.25, -0.2) is 0 Å². The SMILES string of the molecule is Cc1nn(C)c(CC(CC2CCOC2)NN)c1Cl. The Morgan fingerprint density at radius 2 is 2.44 bits per heavy atom. The number of rotatable bonds is 5.